The SMILES string of the molecule is CCOc1ccc(C(F)(F)F)cc1C1C=C(c2ccc3cc(OC)ccc3c2)N(C(C)c2ccc(C(=O)NCCC(=O)O)cc2)N1. The molecule has 0 radical (unpaired) electrons. The molecule has 2 atom stereocenters. The third kappa shape index (κ3) is 7.10. The fourth-order valence-corrected chi connectivity index (χ4v) is 5.42. The maximum atomic E-state index is 13.8. The van der Waals surface area contributed by atoms with Gasteiger partial charge >= 0.3 is 12.1 Å². The molecule has 3 N–H and O–H groups in total. The zero-order chi connectivity index (χ0) is 33.0. The molecule has 1 aliphatic rings. The number of amides is 1. The number of carboxylic acid groups (broad SMARTS) is 1. The van der Waals surface area contributed by atoms with Crippen molar-refractivity contribution in [3.05, 3.63) is 113 Å². The molecule has 0 spiro atoms. The number of alkyl halides is 3. The van der Waals surface area contributed by atoms with Gasteiger partial charge in [-0.15, -0.1) is 0 Å². The van der Waals surface area contributed by atoms with E-state index in [4.69, 9.17) is 14.6 Å². The largest absolute Gasteiger partial charge is 0.497 e. The number of hydrogen-bond donors (Lipinski definition) is 3. The van der Waals surface area contributed by atoms with Gasteiger partial charge in [0.2, 0.25) is 0 Å². The zero-order valence-corrected chi connectivity index (χ0v) is 25.5. The molecule has 0 saturated carbocycles. The Bertz CT molecular complexity index is 1770. The average Bonchev–Trinajstić information content (AvgIpc) is 3.49. The highest BCUT2D eigenvalue weighted by atomic mass is 19.4. The van der Waals surface area contributed by atoms with E-state index >= 15 is 0 Å². The van der Waals surface area contributed by atoms with Gasteiger partial charge in [-0.2, -0.15) is 13.2 Å². The lowest BCUT2D eigenvalue weighted by Crippen LogP contribution is -2.35. The van der Waals surface area contributed by atoms with Crippen molar-refractivity contribution >= 4 is 28.3 Å². The predicted octanol–water partition coefficient (Wildman–Crippen LogP) is 7.13. The molecule has 4 aromatic carbocycles. The van der Waals surface area contributed by atoms with Crippen molar-refractivity contribution in [2.45, 2.75) is 38.5 Å². The second-order valence-corrected chi connectivity index (χ2v) is 10.8. The molecule has 8 nitrogen and oxygen atoms in total. The van der Waals surface area contributed by atoms with Gasteiger partial charge in [0, 0.05) is 17.7 Å². The van der Waals surface area contributed by atoms with Gasteiger partial charge in [0.05, 0.1) is 43.5 Å². The number of ether oxygens (including phenoxy) is 2. The second kappa shape index (κ2) is 13.5. The first-order chi connectivity index (χ1) is 22.0. The van der Waals surface area contributed by atoms with Crippen LogP contribution in [0.15, 0.2) is 84.9 Å². The minimum Gasteiger partial charge on any atom is -0.497 e. The van der Waals surface area contributed by atoms with E-state index < -0.39 is 23.8 Å². The number of methoxy groups -OCH3 is 1. The molecule has 1 heterocycles. The van der Waals surface area contributed by atoms with E-state index in [1.165, 1.54) is 6.07 Å². The van der Waals surface area contributed by atoms with Crippen LogP contribution in [-0.2, 0) is 11.0 Å². The van der Waals surface area contributed by atoms with Crippen LogP contribution in [-0.4, -0.2) is 42.3 Å². The van der Waals surface area contributed by atoms with E-state index in [0.717, 1.165) is 45.5 Å². The van der Waals surface area contributed by atoms with E-state index in [1.807, 2.05) is 54.4 Å². The van der Waals surface area contributed by atoms with E-state index in [2.05, 4.69) is 10.7 Å². The summed E-state index contributed by atoms with van der Waals surface area (Å²) in [5, 5.41) is 15.3. The number of hydrazine groups is 1. The van der Waals surface area contributed by atoms with Gasteiger partial charge in [-0.3, -0.25) is 9.59 Å². The summed E-state index contributed by atoms with van der Waals surface area (Å²) in [7, 11) is 1.60. The Balaban J connectivity index is 1.52. The Hall–Kier alpha value is -5.03. The second-order valence-electron chi connectivity index (χ2n) is 10.8. The summed E-state index contributed by atoms with van der Waals surface area (Å²) >= 11 is 0. The van der Waals surface area contributed by atoms with Crippen LogP contribution in [0.4, 0.5) is 13.2 Å². The number of carbonyl (C=O) groups excluding carboxylic acids is 1. The minimum atomic E-state index is -4.53. The Labute approximate surface area is 264 Å². The van der Waals surface area contributed by atoms with Gasteiger partial charge in [-0.05, 0) is 90.4 Å². The first kappa shape index (κ1) is 32.4. The molecule has 1 aliphatic heterocycles. The van der Waals surface area contributed by atoms with Gasteiger partial charge in [0.25, 0.3) is 5.91 Å². The van der Waals surface area contributed by atoms with Crippen LogP contribution in [0.1, 0.15) is 65.0 Å². The molecule has 240 valence electrons. The van der Waals surface area contributed by atoms with E-state index in [-0.39, 0.29) is 31.5 Å². The van der Waals surface area contributed by atoms with Gasteiger partial charge in [-0.1, -0.05) is 30.3 Å². The summed E-state index contributed by atoms with van der Waals surface area (Å²) in [6.45, 7) is 4.02. The number of halogens is 3. The molecule has 5 rings (SSSR count). The summed E-state index contributed by atoms with van der Waals surface area (Å²) in [5.41, 5.74) is 5.80. The molecular weight excluding hydrogens is 599 g/mol. The molecule has 0 saturated heterocycles. The normalized spacial score (nSPS) is 15.4. The molecule has 46 heavy (non-hydrogen) atoms. The Morgan fingerprint density at radius 3 is 2.39 bits per heavy atom. The van der Waals surface area contributed by atoms with Crippen molar-refractivity contribution in [1.82, 2.24) is 15.8 Å². The average molecular weight is 634 g/mol. The number of carbonyl (C=O) groups is 2. The molecule has 11 heteroatoms. The number of aliphatic carboxylic acids is 1. The first-order valence-corrected chi connectivity index (χ1v) is 14.8. The van der Waals surface area contributed by atoms with Crippen molar-refractivity contribution in [2.24, 2.45) is 0 Å². The fourth-order valence-electron chi connectivity index (χ4n) is 5.42. The van der Waals surface area contributed by atoms with Gasteiger partial charge in [0.1, 0.15) is 11.5 Å². The van der Waals surface area contributed by atoms with Crippen LogP contribution in [0.25, 0.3) is 16.5 Å². The molecule has 1 amide bonds. The molecule has 0 aromatic heterocycles. The van der Waals surface area contributed by atoms with Crippen molar-refractivity contribution in [3.8, 4) is 11.5 Å². The van der Waals surface area contributed by atoms with Crippen LogP contribution < -0.4 is 20.2 Å². The Kier molecular flexibility index (Phi) is 9.52. The highest BCUT2D eigenvalue weighted by Crippen LogP contribution is 2.42. The summed E-state index contributed by atoms with van der Waals surface area (Å²) in [5.74, 6) is -0.318. The molecule has 0 aliphatic carbocycles. The fraction of sp³-hybridized carbons (Fsp3) is 0.257. The van der Waals surface area contributed by atoms with E-state index in [1.54, 1.807) is 38.3 Å². The predicted molar refractivity (Wildman–Crippen MR) is 168 cm³/mol. The maximum Gasteiger partial charge on any atom is 0.416 e. The van der Waals surface area contributed by atoms with Gasteiger partial charge in [0.15, 0.2) is 0 Å². The first-order valence-electron chi connectivity index (χ1n) is 14.8. The number of hydrogen-bond acceptors (Lipinski definition) is 6. The lowest BCUT2D eigenvalue weighted by Gasteiger charge is -2.31. The van der Waals surface area contributed by atoms with Crippen LogP contribution in [0.3, 0.4) is 0 Å². The third-order valence-electron chi connectivity index (χ3n) is 7.84. The maximum absolute atomic E-state index is 13.8. The topological polar surface area (TPSA) is 100 Å². The van der Waals surface area contributed by atoms with Crippen molar-refractivity contribution in [3.63, 3.8) is 0 Å². The number of benzene rings is 4. The van der Waals surface area contributed by atoms with Crippen LogP contribution in [0.5, 0.6) is 11.5 Å². The standard InChI is InChI=1S/C35H34F3N3O5/c1-4-46-32-14-12-27(35(36,37)38)19-29(32)30-20-31(26-10-9-25-18-28(45-3)13-11-24(25)17-26)41(40-30)21(2)22-5-7-23(8-6-22)34(44)39-16-15-33(42)43/h5-14,17-21,30,40H,4,15-16H2,1-3H3,(H,39,44)(H,42,43). The molecule has 0 fully saturated rings. The van der Waals surface area contributed by atoms with Crippen LogP contribution >= 0.6 is 0 Å². The summed E-state index contributed by atoms with van der Waals surface area (Å²) < 4.78 is 52.5. The monoisotopic (exact) mass is 633 g/mol. The number of fused-ring (bicyclic) bond motifs is 1. The van der Waals surface area contributed by atoms with E-state index in [9.17, 15) is 22.8 Å². The number of nitrogens with one attached hydrogen (secondary N) is 2. The van der Waals surface area contributed by atoms with Gasteiger partial charge < -0.3 is 24.9 Å². The lowest BCUT2D eigenvalue weighted by atomic mass is 9.99. The van der Waals surface area contributed by atoms with Crippen molar-refractivity contribution in [1.29, 1.82) is 0 Å². The Morgan fingerprint density at radius 1 is 1.00 bits per heavy atom. The van der Waals surface area contributed by atoms with Gasteiger partial charge in [-0.25, -0.2) is 5.43 Å². The lowest BCUT2D eigenvalue weighted by molar-refractivity contribution is -0.138. The summed E-state index contributed by atoms with van der Waals surface area (Å²) in [4.78, 5) is 23.3. The van der Waals surface area contributed by atoms with E-state index in [0.29, 0.717) is 16.9 Å². The Morgan fingerprint density at radius 2 is 1.72 bits per heavy atom. The van der Waals surface area contributed by atoms with Crippen LogP contribution in [0.2, 0.25) is 0 Å². The van der Waals surface area contributed by atoms with Crippen molar-refractivity contribution in [2.75, 3.05) is 20.3 Å². The number of rotatable bonds is 11. The highest BCUT2D eigenvalue weighted by molar-refractivity contribution is 5.94. The molecule has 4 aromatic rings. The highest BCUT2D eigenvalue weighted by Gasteiger charge is 2.35. The molecule has 2 unspecified atom stereocenters. The summed E-state index contributed by atoms with van der Waals surface area (Å²) in [6.07, 6.45) is -2.82. The number of nitrogens with zero attached hydrogens (tertiary/aromatic N) is 1. The van der Waals surface area contributed by atoms with Crippen molar-refractivity contribution < 1.29 is 37.3 Å². The molecular formula is C35H34F3N3O5. The molecule has 0 bridgehead atoms. The number of carboxylic acids is 1. The smallest absolute Gasteiger partial charge is 0.416 e. The quantitative estimate of drug-likeness (QED) is 0.162. The summed E-state index contributed by atoms with van der Waals surface area (Å²) in [6, 6.07) is 21.1. The minimum absolute atomic E-state index is 0.0113. The third-order valence-corrected chi connectivity index (χ3v) is 7.84. The zero-order valence-electron chi connectivity index (χ0n) is 25.5. The van der Waals surface area contributed by atoms with Crippen LogP contribution in [0, 0.1) is 0 Å².